The van der Waals surface area contributed by atoms with Crippen molar-refractivity contribution in [3.63, 3.8) is 0 Å². The summed E-state index contributed by atoms with van der Waals surface area (Å²) in [6.45, 7) is 0.0175. The molecule has 0 bridgehead atoms. The zero-order valence-corrected chi connectivity index (χ0v) is 14.8. The van der Waals surface area contributed by atoms with Crippen molar-refractivity contribution in [2.75, 3.05) is 13.3 Å². The van der Waals surface area contributed by atoms with Crippen molar-refractivity contribution in [2.45, 2.75) is 0 Å². The molecule has 1 heterocycles. The molecule has 7 nitrogen and oxygen atoms in total. The van der Waals surface area contributed by atoms with Gasteiger partial charge in [0.1, 0.15) is 0 Å². The third-order valence-corrected chi connectivity index (χ3v) is 4.24. The summed E-state index contributed by atoms with van der Waals surface area (Å²) < 4.78 is 10.5. The number of rotatable bonds is 5. The van der Waals surface area contributed by atoms with E-state index < -0.39 is 5.91 Å². The zero-order valence-electron chi connectivity index (χ0n) is 14.8. The SMILES string of the molecule is O=C(CNC(=O)c1cccc2ccccc12)NN=Cc1ccc2c(c1)OCO2. The van der Waals surface area contributed by atoms with Gasteiger partial charge in [0.25, 0.3) is 11.8 Å². The summed E-state index contributed by atoms with van der Waals surface area (Å²) in [5.41, 5.74) is 3.66. The highest BCUT2D eigenvalue weighted by molar-refractivity contribution is 6.07. The number of hydrogen-bond acceptors (Lipinski definition) is 5. The highest BCUT2D eigenvalue weighted by Gasteiger charge is 2.13. The second kappa shape index (κ2) is 7.79. The maximum absolute atomic E-state index is 12.4. The second-order valence-corrected chi connectivity index (χ2v) is 6.12. The molecule has 0 unspecified atom stereocenters. The Morgan fingerprint density at radius 2 is 1.82 bits per heavy atom. The van der Waals surface area contributed by atoms with Gasteiger partial charge in [-0.1, -0.05) is 36.4 Å². The van der Waals surface area contributed by atoms with Crippen molar-refractivity contribution in [2.24, 2.45) is 5.10 Å². The lowest BCUT2D eigenvalue weighted by Crippen LogP contribution is -2.35. The van der Waals surface area contributed by atoms with E-state index in [0.717, 1.165) is 16.3 Å². The highest BCUT2D eigenvalue weighted by atomic mass is 16.7. The van der Waals surface area contributed by atoms with Gasteiger partial charge in [0.2, 0.25) is 6.79 Å². The Hall–Kier alpha value is -3.87. The largest absolute Gasteiger partial charge is 0.454 e. The van der Waals surface area contributed by atoms with Crippen LogP contribution in [0.1, 0.15) is 15.9 Å². The number of hydrazone groups is 1. The number of carbonyl (C=O) groups is 2. The lowest BCUT2D eigenvalue weighted by atomic mass is 10.0. The maximum Gasteiger partial charge on any atom is 0.259 e. The van der Waals surface area contributed by atoms with Crippen LogP contribution in [0.25, 0.3) is 10.8 Å². The van der Waals surface area contributed by atoms with E-state index in [1.54, 1.807) is 24.3 Å². The van der Waals surface area contributed by atoms with Gasteiger partial charge in [-0.2, -0.15) is 5.10 Å². The summed E-state index contributed by atoms with van der Waals surface area (Å²) in [6.07, 6.45) is 1.49. The molecule has 3 aromatic carbocycles. The quantitative estimate of drug-likeness (QED) is 0.530. The molecule has 2 amide bonds. The summed E-state index contributed by atoms with van der Waals surface area (Å²) in [7, 11) is 0. The summed E-state index contributed by atoms with van der Waals surface area (Å²) >= 11 is 0. The molecule has 2 N–H and O–H groups in total. The van der Waals surface area contributed by atoms with Crippen molar-refractivity contribution in [3.8, 4) is 11.5 Å². The molecule has 0 spiro atoms. The van der Waals surface area contributed by atoms with E-state index in [9.17, 15) is 9.59 Å². The first-order chi connectivity index (χ1) is 13.7. The number of amides is 2. The van der Waals surface area contributed by atoms with Crippen molar-refractivity contribution < 1.29 is 19.1 Å². The minimum absolute atomic E-state index is 0.180. The van der Waals surface area contributed by atoms with Gasteiger partial charge in [-0.25, -0.2) is 5.43 Å². The summed E-state index contributed by atoms with van der Waals surface area (Å²) in [4.78, 5) is 24.3. The molecule has 0 saturated heterocycles. The Kier molecular flexibility index (Phi) is 4.88. The number of benzene rings is 3. The molecule has 3 aromatic rings. The molecule has 28 heavy (non-hydrogen) atoms. The van der Waals surface area contributed by atoms with Gasteiger partial charge in [0.15, 0.2) is 11.5 Å². The smallest absolute Gasteiger partial charge is 0.259 e. The van der Waals surface area contributed by atoms with Gasteiger partial charge in [0, 0.05) is 5.56 Å². The van der Waals surface area contributed by atoms with Crippen molar-refractivity contribution in [3.05, 3.63) is 71.8 Å². The van der Waals surface area contributed by atoms with Gasteiger partial charge in [-0.15, -0.1) is 0 Å². The topological polar surface area (TPSA) is 89.0 Å². The fourth-order valence-corrected chi connectivity index (χ4v) is 2.89. The maximum atomic E-state index is 12.4. The van der Waals surface area contributed by atoms with E-state index in [1.165, 1.54) is 6.21 Å². The molecule has 1 aliphatic heterocycles. The Labute approximate surface area is 161 Å². The molecule has 0 atom stereocenters. The Morgan fingerprint density at radius 3 is 2.75 bits per heavy atom. The molecule has 0 aromatic heterocycles. The monoisotopic (exact) mass is 375 g/mol. The Morgan fingerprint density at radius 1 is 1.00 bits per heavy atom. The van der Waals surface area contributed by atoms with Gasteiger partial charge in [-0.05, 0) is 40.6 Å². The van der Waals surface area contributed by atoms with E-state index >= 15 is 0 Å². The molecule has 140 valence electrons. The number of hydrogen-bond donors (Lipinski definition) is 2. The van der Waals surface area contributed by atoms with E-state index in [-0.39, 0.29) is 19.2 Å². The minimum atomic E-state index is -0.425. The van der Waals surface area contributed by atoms with Gasteiger partial charge >= 0.3 is 0 Å². The van der Waals surface area contributed by atoms with Gasteiger partial charge < -0.3 is 14.8 Å². The third-order valence-electron chi connectivity index (χ3n) is 4.24. The van der Waals surface area contributed by atoms with E-state index in [0.29, 0.717) is 17.1 Å². The van der Waals surface area contributed by atoms with Crippen LogP contribution in [0.2, 0.25) is 0 Å². The van der Waals surface area contributed by atoms with Crippen molar-refractivity contribution >= 4 is 28.8 Å². The molecule has 4 rings (SSSR count). The summed E-state index contributed by atoms with van der Waals surface area (Å²) in [5.74, 6) is 0.576. The molecule has 7 heteroatoms. The molecular formula is C21H17N3O4. The number of fused-ring (bicyclic) bond motifs is 2. The molecule has 0 aliphatic carbocycles. The Bertz CT molecular complexity index is 1070. The van der Waals surface area contributed by atoms with Crippen LogP contribution in [0.4, 0.5) is 0 Å². The first-order valence-electron chi connectivity index (χ1n) is 8.68. The van der Waals surface area contributed by atoms with Crippen LogP contribution in [0.5, 0.6) is 11.5 Å². The van der Waals surface area contributed by atoms with Crippen LogP contribution in [-0.4, -0.2) is 31.4 Å². The fraction of sp³-hybridized carbons (Fsp3) is 0.0952. The van der Waals surface area contributed by atoms with Crippen LogP contribution in [0.15, 0.2) is 65.8 Å². The predicted octanol–water partition coefficient (Wildman–Crippen LogP) is 2.45. The highest BCUT2D eigenvalue weighted by Crippen LogP contribution is 2.31. The predicted molar refractivity (Wildman–Crippen MR) is 105 cm³/mol. The average Bonchev–Trinajstić information content (AvgIpc) is 3.19. The van der Waals surface area contributed by atoms with Crippen LogP contribution in [-0.2, 0) is 4.79 Å². The number of nitrogens with one attached hydrogen (secondary N) is 2. The number of carbonyl (C=O) groups excluding carboxylic acids is 2. The fourth-order valence-electron chi connectivity index (χ4n) is 2.89. The van der Waals surface area contributed by atoms with Crippen molar-refractivity contribution in [1.82, 2.24) is 10.7 Å². The molecule has 0 saturated carbocycles. The zero-order chi connectivity index (χ0) is 19.3. The first-order valence-corrected chi connectivity index (χ1v) is 8.68. The Balaban J connectivity index is 1.32. The van der Waals surface area contributed by atoms with E-state index in [4.69, 9.17) is 9.47 Å². The van der Waals surface area contributed by atoms with Crippen LogP contribution >= 0.6 is 0 Å². The van der Waals surface area contributed by atoms with Crippen molar-refractivity contribution in [1.29, 1.82) is 0 Å². The molecule has 0 fully saturated rings. The lowest BCUT2D eigenvalue weighted by molar-refractivity contribution is -0.120. The molecule has 1 aliphatic rings. The van der Waals surface area contributed by atoms with Crippen LogP contribution in [0.3, 0.4) is 0 Å². The standard InChI is InChI=1S/C21H17N3O4/c25-20(24-23-11-14-8-9-18-19(10-14)28-13-27-18)12-22-21(26)17-7-3-5-15-4-1-2-6-16(15)17/h1-11H,12-13H2,(H,22,26)(H,24,25). The number of nitrogens with zero attached hydrogens (tertiary/aromatic N) is 1. The summed E-state index contributed by atoms with van der Waals surface area (Å²) in [6, 6.07) is 18.4. The van der Waals surface area contributed by atoms with E-state index in [1.807, 2.05) is 36.4 Å². The lowest BCUT2D eigenvalue weighted by Gasteiger charge is -2.07. The normalized spacial score (nSPS) is 12.3. The second-order valence-electron chi connectivity index (χ2n) is 6.12. The number of ether oxygens (including phenoxy) is 2. The average molecular weight is 375 g/mol. The van der Waals surface area contributed by atoms with Crippen LogP contribution < -0.4 is 20.2 Å². The van der Waals surface area contributed by atoms with Gasteiger partial charge in [0.05, 0.1) is 12.8 Å². The molecular weight excluding hydrogens is 358 g/mol. The van der Waals surface area contributed by atoms with E-state index in [2.05, 4.69) is 15.8 Å². The van der Waals surface area contributed by atoms with Crippen LogP contribution in [0, 0.1) is 0 Å². The van der Waals surface area contributed by atoms with Gasteiger partial charge in [-0.3, -0.25) is 9.59 Å². The minimum Gasteiger partial charge on any atom is -0.454 e. The summed E-state index contributed by atoms with van der Waals surface area (Å²) in [5, 5.41) is 8.31. The molecule has 0 radical (unpaired) electrons. The third kappa shape index (κ3) is 3.78. The first kappa shape index (κ1) is 17.5.